The molecule has 1 aliphatic carbocycles. The van der Waals surface area contributed by atoms with E-state index in [2.05, 4.69) is 22.9 Å². The lowest BCUT2D eigenvalue weighted by atomic mass is 10.1. The van der Waals surface area contributed by atoms with Crippen molar-refractivity contribution in [2.24, 2.45) is 10.7 Å². The summed E-state index contributed by atoms with van der Waals surface area (Å²) in [6.07, 6.45) is 4.25. The SMILES string of the molecule is CC/C(C(=O)NC1=C(Cl)CC(Cl)C=C1Cl)=C(/S)N=C(N)SC. The minimum Gasteiger partial charge on any atom is -0.378 e. The number of halogens is 3. The Labute approximate surface area is 154 Å². The van der Waals surface area contributed by atoms with Crippen LogP contribution in [0.4, 0.5) is 0 Å². The van der Waals surface area contributed by atoms with Crippen LogP contribution in [0.15, 0.2) is 37.4 Å². The molecule has 122 valence electrons. The van der Waals surface area contributed by atoms with E-state index < -0.39 is 0 Å². The number of carbonyl (C=O) groups excluding carboxylic acids is 1. The lowest BCUT2D eigenvalue weighted by Crippen LogP contribution is -2.27. The number of rotatable bonds is 4. The van der Waals surface area contributed by atoms with Gasteiger partial charge in [0.15, 0.2) is 5.17 Å². The number of nitrogens with two attached hydrogens (primary N) is 1. The smallest absolute Gasteiger partial charge is 0.254 e. The number of hydrogen-bond donors (Lipinski definition) is 3. The normalized spacial score (nSPS) is 20.5. The minimum absolute atomic E-state index is 0.259. The lowest BCUT2D eigenvalue weighted by Gasteiger charge is -2.19. The molecule has 0 radical (unpaired) electrons. The van der Waals surface area contributed by atoms with Crippen molar-refractivity contribution in [3.05, 3.63) is 32.4 Å². The number of thiol groups is 1. The van der Waals surface area contributed by atoms with Crippen molar-refractivity contribution < 1.29 is 4.79 Å². The molecule has 0 fully saturated rings. The summed E-state index contributed by atoms with van der Waals surface area (Å²) in [6, 6.07) is 0. The summed E-state index contributed by atoms with van der Waals surface area (Å²) in [5.41, 5.74) is 6.38. The predicted octanol–water partition coefficient (Wildman–Crippen LogP) is 3.92. The highest BCUT2D eigenvalue weighted by molar-refractivity contribution is 8.13. The third-order valence-corrected chi connectivity index (χ3v) is 4.59. The van der Waals surface area contributed by atoms with E-state index in [0.717, 1.165) is 0 Å². The fraction of sp³-hybridized carbons (Fsp3) is 0.385. The van der Waals surface area contributed by atoms with E-state index in [0.29, 0.717) is 39.3 Å². The largest absolute Gasteiger partial charge is 0.378 e. The van der Waals surface area contributed by atoms with Crippen LogP contribution in [0, 0.1) is 0 Å². The minimum atomic E-state index is -0.377. The van der Waals surface area contributed by atoms with E-state index in [1.54, 1.807) is 12.3 Å². The molecule has 0 aromatic carbocycles. The number of nitrogens with one attached hydrogen (secondary N) is 1. The van der Waals surface area contributed by atoms with Gasteiger partial charge in [-0.3, -0.25) is 4.79 Å². The average Bonchev–Trinajstić information content (AvgIpc) is 2.43. The zero-order valence-electron chi connectivity index (χ0n) is 12.0. The van der Waals surface area contributed by atoms with Crippen LogP contribution in [0.3, 0.4) is 0 Å². The van der Waals surface area contributed by atoms with Crippen LogP contribution in [0.5, 0.6) is 0 Å². The van der Waals surface area contributed by atoms with Crippen molar-refractivity contribution in [1.82, 2.24) is 5.32 Å². The Balaban J connectivity index is 3.03. The van der Waals surface area contributed by atoms with Crippen LogP contribution in [0.25, 0.3) is 0 Å². The van der Waals surface area contributed by atoms with Crippen LogP contribution in [-0.2, 0) is 4.79 Å². The molecule has 4 nitrogen and oxygen atoms in total. The van der Waals surface area contributed by atoms with Crippen molar-refractivity contribution in [1.29, 1.82) is 0 Å². The molecule has 0 saturated carbocycles. The van der Waals surface area contributed by atoms with Gasteiger partial charge in [0.25, 0.3) is 5.91 Å². The van der Waals surface area contributed by atoms with Crippen molar-refractivity contribution in [2.45, 2.75) is 25.1 Å². The zero-order chi connectivity index (χ0) is 16.9. The predicted molar refractivity (Wildman–Crippen MR) is 101 cm³/mol. The highest BCUT2D eigenvalue weighted by atomic mass is 35.5. The number of hydrogen-bond acceptors (Lipinski definition) is 4. The molecule has 1 amide bonds. The van der Waals surface area contributed by atoms with E-state index in [-0.39, 0.29) is 16.3 Å². The molecule has 9 heteroatoms. The first-order chi connectivity index (χ1) is 10.3. The monoisotopic (exact) mass is 399 g/mol. The van der Waals surface area contributed by atoms with Gasteiger partial charge in [-0.2, -0.15) is 0 Å². The standard InChI is InChI=1S/C13H16Cl3N3OS2/c1-3-7(12(21)19-13(17)22-2)11(20)18-10-8(15)4-6(14)5-9(10)16/h4,6,21H,3,5H2,1-2H3,(H2,17,19)(H,18,20)/b12-7-. The molecule has 0 spiro atoms. The summed E-state index contributed by atoms with van der Waals surface area (Å²) in [6.45, 7) is 1.82. The first-order valence-corrected chi connectivity index (χ1v) is 9.18. The lowest BCUT2D eigenvalue weighted by molar-refractivity contribution is -0.116. The van der Waals surface area contributed by atoms with Crippen LogP contribution in [0.1, 0.15) is 19.8 Å². The molecular formula is C13H16Cl3N3OS2. The summed E-state index contributed by atoms with van der Waals surface area (Å²) in [7, 11) is 0. The van der Waals surface area contributed by atoms with Crippen LogP contribution in [-0.4, -0.2) is 22.7 Å². The fourth-order valence-corrected chi connectivity index (χ4v) is 3.38. The Morgan fingerprint density at radius 2 is 2.23 bits per heavy atom. The van der Waals surface area contributed by atoms with Crippen molar-refractivity contribution >= 4 is 70.3 Å². The van der Waals surface area contributed by atoms with Crippen LogP contribution in [0.2, 0.25) is 0 Å². The van der Waals surface area contributed by atoms with E-state index in [1.807, 2.05) is 6.92 Å². The summed E-state index contributed by atoms with van der Waals surface area (Å²) in [5.74, 6) is -0.377. The first-order valence-electron chi connectivity index (χ1n) is 6.32. The van der Waals surface area contributed by atoms with E-state index >= 15 is 0 Å². The second kappa shape index (κ2) is 9.13. The van der Waals surface area contributed by atoms with Gasteiger partial charge >= 0.3 is 0 Å². The van der Waals surface area contributed by atoms with Gasteiger partial charge in [-0.25, -0.2) is 4.99 Å². The van der Waals surface area contributed by atoms with E-state index in [1.165, 1.54) is 11.8 Å². The molecule has 1 aliphatic rings. The maximum Gasteiger partial charge on any atom is 0.254 e. The highest BCUT2D eigenvalue weighted by Crippen LogP contribution is 2.31. The van der Waals surface area contributed by atoms with Crippen LogP contribution < -0.4 is 11.1 Å². The van der Waals surface area contributed by atoms with Gasteiger partial charge in [0, 0.05) is 17.0 Å². The van der Waals surface area contributed by atoms with Gasteiger partial charge in [0.2, 0.25) is 0 Å². The van der Waals surface area contributed by atoms with Gasteiger partial charge in [-0.1, -0.05) is 41.9 Å². The number of nitrogens with zero attached hydrogens (tertiary/aromatic N) is 1. The fourth-order valence-electron chi connectivity index (χ4n) is 1.66. The summed E-state index contributed by atoms with van der Waals surface area (Å²) < 4.78 is 0. The average molecular weight is 401 g/mol. The molecule has 0 heterocycles. The number of aliphatic imine (C=N–C) groups is 1. The highest BCUT2D eigenvalue weighted by Gasteiger charge is 2.22. The molecule has 0 saturated heterocycles. The number of amides is 1. The van der Waals surface area contributed by atoms with Crippen molar-refractivity contribution in [3.8, 4) is 0 Å². The molecule has 1 rings (SSSR count). The molecule has 0 aromatic heterocycles. The molecule has 3 N–H and O–H groups in total. The Morgan fingerprint density at radius 1 is 1.59 bits per heavy atom. The third-order valence-electron chi connectivity index (χ3n) is 2.77. The number of carbonyl (C=O) groups is 1. The number of thioether (sulfide) groups is 1. The number of amidine groups is 1. The maximum absolute atomic E-state index is 12.4. The van der Waals surface area contributed by atoms with E-state index in [4.69, 9.17) is 40.5 Å². The Bertz CT molecular complexity index is 585. The molecule has 0 bridgehead atoms. The molecular weight excluding hydrogens is 385 g/mol. The molecule has 22 heavy (non-hydrogen) atoms. The van der Waals surface area contributed by atoms with Gasteiger partial charge in [0.1, 0.15) is 5.03 Å². The third kappa shape index (κ3) is 5.42. The van der Waals surface area contributed by atoms with Gasteiger partial charge in [-0.15, -0.1) is 24.2 Å². The topological polar surface area (TPSA) is 67.5 Å². The molecule has 1 unspecified atom stereocenters. The first kappa shape index (κ1) is 19.8. The van der Waals surface area contributed by atoms with Gasteiger partial charge < -0.3 is 11.1 Å². The second-order valence-corrected chi connectivity index (χ2v) is 6.95. The summed E-state index contributed by atoms with van der Waals surface area (Å²) >= 11 is 23.7. The van der Waals surface area contributed by atoms with Crippen molar-refractivity contribution in [2.75, 3.05) is 6.26 Å². The Hall–Kier alpha value is -0.270. The number of allylic oxidation sites excluding steroid dienone is 3. The quantitative estimate of drug-likeness (QED) is 0.220. The number of alkyl halides is 1. The Morgan fingerprint density at radius 3 is 2.73 bits per heavy atom. The molecule has 0 aliphatic heterocycles. The van der Waals surface area contributed by atoms with Gasteiger partial charge in [0.05, 0.1) is 16.1 Å². The Kier molecular flexibility index (Phi) is 8.21. The van der Waals surface area contributed by atoms with Gasteiger partial charge in [-0.05, 0) is 18.8 Å². The van der Waals surface area contributed by atoms with Crippen molar-refractivity contribution in [3.63, 3.8) is 0 Å². The summed E-state index contributed by atoms with van der Waals surface area (Å²) in [5, 5.41) is 3.70. The van der Waals surface area contributed by atoms with Crippen LogP contribution >= 0.6 is 59.2 Å². The summed E-state index contributed by atoms with van der Waals surface area (Å²) in [4.78, 5) is 16.4. The molecule has 0 aromatic rings. The second-order valence-electron chi connectivity index (χ2n) is 4.28. The maximum atomic E-state index is 12.4. The molecule has 1 atom stereocenters. The van der Waals surface area contributed by atoms with E-state index in [9.17, 15) is 4.79 Å². The zero-order valence-corrected chi connectivity index (χ0v) is 16.0.